The molecule has 0 spiro atoms. The standard InChI is InChI=1S/C23H17ClN2O4/c1-14-8-9-15(24)12-18(14)20-11-10-17(30-20)13-19-21(27)25(2)23(29)26(22(19)28)16-6-4-3-5-7-16/h3-13H,1-2H3/b19-13+. The largest absolute Gasteiger partial charge is 0.457 e. The van der Waals surface area contributed by atoms with Crippen molar-refractivity contribution in [2.45, 2.75) is 6.92 Å². The van der Waals surface area contributed by atoms with Crippen LogP contribution >= 0.6 is 11.6 Å². The molecule has 0 radical (unpaired) electrons. The molecule has 30 heavy (non-hydrogen) atoms. The number of barbiturate groups is 1. The molecule has 4 rings (SSSR count). The van der Waals surface area contributed by atoms with E-state index in [-0.39, 0.29) is 5.57 Å². The van der Waals surface area contributed by atoms with Gasteiger partial charge < -0.3 is 4.42 Å². The van der Waals surface area contributed by atoms with Crippen LogP contribution in [0, 0.1) is 6.92 Å². The number of aryl methyl sites for hydroxylation is 1. The summed E-state index contributed by atoms with van der Waals surface area (Å²) >= 11 is 6.09. The Bertz CT molecular complexity index is 1200. The zero-order chi connectivity index (χ0) is 21.4. The van der Waals surface area contributed by atoms with E-state index in [4.69, 9.17) is 16.0 Å². The Labute approximate surface area is 178 Å². The van der Waals surface area contributed by atoms with Crippen molar-refractivity contribution in [2.75, 3.05) is 11.9 Å². The second-order valence-corrected chi connectivity index (χ2v) is 7.28. The third kappa shape index (κ3) is 3.42. The maximum absolute atomic E-state index is 13.0. The van der Waals surface area contributed by atoms with E-state index in [1.165, 1.54) is 13.1 Å². The van der Waals surface area contributed by atoms with Crippen LogP contribution in [0.15, 0.2) is 70.7 Å². The molecular formula is C23H17ClN2O4. The van der Waals surface area contributed by atoms with Crippen LogP contribution in [0.3, 0.4) is 0 Å². The summed E-state index contributed by atoms with van der Waals surface area (Å²) in [5.41, 5.74) is 2.00. The second kappa shape index (κ2) is 7.65. The minimum absolute atomic E-state index is 0.162. The Morgan fingerprint density at radius 3 is 2.40 bits per heavy atom. The normalized spacial score (nSPS) is 16.0. The number of halogens is 1. The van der Waals surface area contributed by atoms with Crippen LogP contribution in [0.2, 0.25) is 5.02 Å². The summed E-state index contributed by atoms with van der Waals surface area (Å²) < 4.78 is 5.85. The highest BCUT2D eigenvalue weighted by atomic mass is 35.5. The molecule has 0 unspecified atom stereocenters. The Hall–Kier alpha value is -3.64. The van der Waals surface area contributed by atoms with Gasteiger partial charge in [-0.15, -0.1) is 0 Å². The predicted octanol–water partition coefficient (Wildman–Crippen LogP) is 4.92. The van der Waals surface area contributed by atoms with Gasteiger partial charge in [-0.3, -0.25) is 14.5 Å². The number of carbonyl (C=O) groups is 3. The van der Waals surface area contributed by atoms with E-state index in [0.717, 1.165) is 20.9 Å². The van der Waals surface area contributed by atoms with Crippen molar-refractivity contribution in [2.24, 2.45) is 0 Å². The number of rotatable bonds is 3. The maximum Gasteiger partial charge on any atom is 0.338 e. The second-order valence-electron chi connectivity index (χ2n) is 6.84. The number of urea groups is 1. The first kappa shape index (κ1) is 19.7. The van der Waals surface area contributed by atoms with Crippen molar-refractivity contribution in [1.82, 2.24) is 4.90 Å². The number of carbonyl (C=O) groups excluding carboxylic acids is 3. The van der Waals surface area contributed by atoms with Gasteiger partial charge in [0.15, 0.2) is 0 Å². The summed E-state index contributed by atoms with van der Waals surface area (Å²) in [7, 11) is 1.34. The molecule has 3 aromatic rings. The Morgan fingerprint density at radius 2 is 1.67 bits per heavy atom. The lowest BCUT2D eigenvalue weighted by molar-refractivity contribution is -0.128. The van der Waals surface area contributed by atoms with Crippen molar-refractivity contribution >= 4 is 41.2 Å². The van der Waals surface area contributed by atoms with E-state index in [9.17, 15) is 14.4 Å². The van der Waals surface area contributed by atoms with Crippen molar-refractivity contribution in [1.29, 1.82) is 0 Å². The molecule has 1 aliphatic heterocycles. The van der Waals surface area contributed by atoms with E-state index in [1.54, 1.807) is 54.6 Å². The van der Waals surface area contributed by atoms with Gasteiger partial charge in [-0.25, -0.2) is 9.69 Å². The Kier molecular flexibility index (Phi) is 5.01. The zero-order valence-corrected chi connectivity index (χ0v) is 17.0. The molecular weight excluding hydrogens is 404 g/mol. The van der Waals surface area contributed by atoms with Crippen molar-refractivity contribution < 1.29 is 18.8 Å². The number of benzene rings is 2. The highest BCUT2D eigenvalue weighted by molar-refractivity contribution is 6.38. The molecule has 6 nitrogen and oxygen atoms in total. The molecule has 0 bridgehead atoms. The summed E-state index contributed by atoms with van der Waals surface area (Å²) in [4.78, 5) is 40.1. The van der Waals surface area contributed by atoms with Gasteiger partial charge in [0.25, 0.3) is 11.8 Å². The minimum atomic E-state index is -0.706. The monoisotopic (exact) mass is 420 g/mol. The van der Waals surface area contributed by atoms with E-state index >= 15 is 0 Å². The number of nitrogens with zero attached hydrogens (tertiary/aromatic N) is 2. The molecule has 1 aromatic heterocycles. The van der Waals surface area contributed by atoms with Crippen LogP contribution in [-0.4, -0.2) is 29.8 Å². The highest BCUT2D eigenvalue weighted by Crippen LogP contribution is 2.30. The molecule has 1 aliphatic rings. The highest BCUT2D eigenvalue weighted by Gasteiger charge is 2.41. The maximum atomic E-state index is 13.0. The number of hydrogen-bond donors (Lipinski definition) is 0. The SMILES string of the molecule is Cc1ccc(Cl)cc1-c1ccc(/C=C2\C(=O)N(C)C(=O)N(c3ccccc3)C2=O)o1. The number of hydrogen-bond acceptors (Lipinski definition) is 4. The first-order chi connectivity index (χ1) is 14.4. The zero-order valence-electron chi connectivity index (χ0n) is 16.3. The smallest absolute Gasteiger partial charge is 0.338 e. The summed E-state index contributed by atoms with van der Waals surface area (Å²) in [6.07, 6.45) is 1.35. The molecule has 4 amide bonds. The molecule has 2 heterocycles. The van der Waals surface area contributed by atoms with Gasteiger partial charge in [-0.2, -0.15) is 0 Å². The van der Waals surface area contributed by atoms with E-state index in [0.29, 0.717) is 22.2 Å². The average molecular weight is 421 g/mol. The van der Waals surface area contributed by atoms with Crippen LogP contribution in [0.4, 0.5) is 10.5 Å². The molecule has 150 valence electrons. The Balaban J connectivity index is 1.73. The van der Waals surface area contributed by atoms with Gasteiger partial charge in [0.2, 0.25) is 0 Å². The lowest BCUT2D eigenvalue weighted by Gasteiger charge is -2.31. The molecule has 7 heteroatoms. The minimum Gasteiger partial charge on any atom is -0.457 e. The predicted molar refractivity (Wildman–Crippen MR) is 114 cm³/mol. The fraction of sp³-hybridized carbons (Fsp3) is 0.0870. The van der Waals surface area contributed by atoms with Gasteiger partial charge in [0, 0.05) is 17.6 Å². The summed E-state index contributed by atoms with van der Waals surface area (Å²) in [5.74, 6) is -0.515. The molecule has 2 aromatic carbocycles. The fourth-order valence-corrected chi connectivity index (χ4v) is 3.39. The van der Waals surface area contributed by atoms with E-state index in [2.05, 4.69) is 0 Å². The quantitative estimate of drug-likeness (QED) is 0.445. The summed E-state index contributed by atoms with van der Waals surface area (Å²) in [5, 5.41) is 0.572. The van der Waals surface area contributed by atoms with Gasteiger partial charge in [-0.05, 0) is 55.0 Å². The van der Waals surface area contributed by atoms with E-state index < -0.39 is 17.8 Å². The van der Waals surface area contributed by atoms with Gasteiger partial charge in [0.05, 0.1) is 5.69 Å². The first-order valence-corrected chi connectivity index (χ1v) is 9.54. The third-order valence-electron chi connectivity index (χ3n) is 4.84. The number of anilines is 1. The third-order valence-corrected chi connectivity index (χ3v) is 5.07. The number of likely N-dealkylation sites (N-methyl/N-ethyl adjacent to an activating group) is 1. The van der Waals surface area contributed by atoms with Crippen LogP contribution in [0.25, 0.3) is 17.4 Å². The summed E-state index contributed by atoms with van der Waals surface area (Å²) in [6.45, 7) is 1.93. The van der Waals surface area contributed by atoms with Crippen LogP contribution in [0.5, 0.6) is 0 Å². The average Bonchev–Trinajstić information content (AvgIpc) is 3.21. The number of furan rings is 1. The van der Waals surface area contributed by atoms with Crippen LogP contribution < -0.4 is 4.90 Å². The van der Waals surface area contributed by atoms with Gasteiger partial charge >= 0.3 is 6.03 Å². The topological polar surface area (TPSA) is 70.8 Å². The molecule has 0 N–H and O–H groups in total. The van der Waals surface area contributed by atoms with Crippen LogP contribution in [-0.2, 0) is 9.59 Å². The first-order valence-electron chi connectivity index (χ1n) is 9.16. The lowest BCUT2D eigenvalue weighted by Crippen LogP contribution is -2.55. The fourth-order valence-electron chi connectivity index (χ4n) is 3.22. The number of imide groups is 2. The van der Waals surface area contributed by atoms with Gasteiger partial charge in [-0.1, -0.05) is 35.9 Å². The van der Waals surface area contributed by atoms with Crippen molar-refractivity contribution in [3.05, 3.63) is 82.6 Å². The molecule has 1 saturated heterocycles. The van der Waals surface area contributed by atoms with Crippen molar-refractivity contribution in [3.63, 3.8) is 0 Å². The van der Waals surface area contributed by atoms with Gasteiger partial charge in [0.1, 0.15) is 17.1 Å². The Morgan fingerprint density at radius 1 is 0.933 bits per heavy atom. The lowest BCUT2D eigenvalue weighted by atomic mass is 10.1. The molecule has 0 atom stereocenters. The number of amides is 4. The molecule has 0 aliphatic carbocycles. The summed E-state index contributed by atoms with van der Waals surface area (Å²) in [6, 6.07) is 16.6. The molecule has 1 fully saturated rings. The van der Waals surface area contributed by atoms with Crippen LogP contribution in [0.1, 0.15) is 11.3 Å². The van der Waals surface area contributed by atoms with E-state index in [1.807, 2.05) is 13.0 Å². The molecule has 0 saturated carbocycles. The number of para-hydroxylation sites is 1. The van der Waals surface area contributed by atoms with Crippen molar-refractivity contribution in [3.8, 4) is 11.3 Å².